The van der Waals surface area contributed by atoms with Crippen LogP contribution in [0.15, 0.2) is 77.0 Å². The number of imide groups is 1. The molecule has 0 saturated carbocycles. The quantitative estimate of drug-likeness (QED) is 0.398. The number of likely N-dealkylation sites (tertiary alicyclic amines) is 1. The minimum atomic E-state index is -0.287. The lowest BCUT2D eigenvalue weighted by atomic mass is 10.1. The van der Waals surface area contributed by atoms with E-state index in [9.17, 15) is 14.4 Å². The van der Waals surface area contributed by atoms with E-state index in [1.165, 1.54) is 4.90 Å². The van der Waals surface area contributed by atoms with E-state index < -0.39 is 0 Å². The van der Waals surface area contributed by atoms with Crippen molar-refractivity contribution in [1.29, 1.82) is 0 Å². The molecule has 1 fully saturated rings. The van der Waals surface area contributed by atoms with E-state index in [-0.39, 0.29) is 37.1 Å². The summed E-state index contributed by atoms with van der Waals surface area (Å²) in [5, 5.41) is 11.5. The number of hydrogen-bond donors (Lipinski definition) is 1. The first kappa shape index (κ1) is 22.1. The summed E-state index contributed by atoms with van der Waals surface area (Å²) in [4.78, 5) is 37.7. The predicted molar refractivity (Wildman–Crippen MR) is 126 cm³/mol. The molecule has 1 aliphatic heterocycles. The molecule has 0 aliphatic carbocycles. The van der Waals surface area contributed by atoms with Crippen LogP contribution in [0.4, 0.5) is 17.1 Å². The van der Waals surface area contributed by atoms with Gasteiger partial charge in [-0.15, -0.1) is 5.11 Å². The lowest BCUT2D eigenvalue weighted by Crippen LogP contribution is -2.28. The van der Waals surface area contributed by atoms with Crippen molar-refractivity contribution in [3.8, 4) is 0 Å². The van der Waals surface area contributed by atoms with E-state index in [1.54, 1.807) is 30.3 Å². The first-order chi connectivity index (χ1) is 15.9. The standard InChI is InChI=1S/C26H24N4O3/c1-17-3-10-21(11-4-17)28-29-23-15-18(2)5-12-22(23)27-26(33)20-8-6-19(7-9-20)16-30-24(31)13-14-25(30)32/h3-12,15H,13-14,16H2,1-2H3,(H,27,33). The largest absolute Gasteiger partial charge is 0.320 e. The van der Waals surface area contributed by atoms with E-state index in [2.05, 4.69) is 15.5 Å². The molecule has 0 atom stereocenters. The van der Waals surface area contributed by atoms with Gasteiger partial charge in [-0.2, -0.15) is 5.11 Å². The Labute approximate surface area is 192 Å². The van der Waals surface area contributed by atoms with Crippen LogP contribution in [-0.4, -0.2) is 22.6 Å². The summed E-state index contributed by atoms with van der Waals surface area (Å²) < 4.78 is 0. The van der Waals surface area contributed by atoms with Crippen molar-refractivity contribution in [3.63, 3.8) is 0 Å². The van der Waals surface area contributed by atoms with Crippen LogP contribution in [0.1, 0.15) is 39.9 Å². The van der Waals surface area contributed by atoms with Crippen molar-refractivity contribution in [2.45, 2.75) is 33.2 Å². The summed E-state index contributed by atoms with van der Waals surface area (Å²) in [6, 6.07) is 20.1. The Bertz CT molecular complexity index is 1220. The maximum absolute atomic E-state index is 12.8. The summed E-state index contributed by atoms with van der Waals surface area (Å²) in [7, 11) is 0. The Morgan fingerprint density at radius 3 is 2.15 bits per heavy atom. The van der Waals surface area contributed by atoms with Crippen molar-refractivity contribution in [3.05, 3.63) is 89.0 Å². The zero-order chi connectivity index (χ0) is 23.4. The van der Waals surface area contributed by atoms with Crippen LogP contribution >= 0.6 is 0 Å². The summed E-state index contributed by atoms with van der Waals surface area (Å²) in [6.07, 6.45) is 0.527. The molecule has 0 spiro atoms. The first-order valence-corrected chi connectivity index (χ1v) is 10.7. The van der Waals surface area contributed by atoms with Gasteiger partial charge in [-0.1, -0.05) is 35.9 Å². The van der Waals surface area contributed by atoms with Gasteiger partial charge in [-0.25, -0.2) is 0 Å². The highest BCUT2D eigenvalue weighted by molar-refractivity contribution is 6.05. The number of anilines is 1. The molecule has 1 saturated heterocycles. The van der Waals surface area contributed by atoms with Crippen molar-refractivity contribution < 1.29 is 14.4 Å². The number of benzene rings is 3. The fourth-order valence-corrected chi connectivity index (χ4v) is 3.49. The van der Waals surface area contributed by atoms with Crippen molar-refractivity contribution in [2.75, 3.05) is 5.32 Å². The zero-order valence-corrected chi connectivity index (χ0v) is 18.5. The van der Waals surface area contributed by atoms with Crippen LogP contribution in [0.5, 0.6) is 0 Å². The fourth-order valence-electron chi connectivity index (χ4n) is 3.49. The Morgan fingerprint density at radius 2 is 1.48 bits per heavy atom. The number of nitrogens with one attached hydrogen (secondary N) is 1. The highest BCUT2D eigenvalue weighted by Gasteiger charge is 2.28. The molecule has 3 aromatic rings. The zero-order valence-electron chi connectivity index (χ0n) is 18.5. The van der Waals surface area contributed by atoms with Crippen molar-refractivity contribution in [2.24, 2.45) is 10.2 Å². The van der Waals surface area contributed by atoms with Gasteiger partial charge in [-0.3, -0.25) is 19.3 Å². The van der Waals surface area contributed by atoms with Crippen molar-refractivity contribution >= 4 is 34.8 Å². The minimum Gasteiger partial charge on any atom is -0.320 e. The van der Waals surface area contributed by atoms with Crippen LogP contribution in [0.2, 0.25) is 0 Å². The number of nitrogens with zero attached hydrogens (tertiary/aromatic N) is 3. The number of azo groups is 1. The summed E-state index contributed by atoms with van der Waals surface area (Å²) in [6.45, 7) is 4.18. The van der Waals surface area contributed by atoms with Gasteiger partial charge in [0.1, 0.15) is 5.69 Å². The molecular formula is C26H24N4O3. The topological polar surface area (TPSA) is 91.2 Å². The number of rotatable bonds is 6. The van der Waals surface area contributed by atoms with Crippen molar-refractivity contribution in [1.82, 2.24) is 4.90 Å². The van der Waals surface area contributed by atoms with E-state index in [4.69, 9.17) is 0 Å². The third-order valence-corrected chi connectivity index (χ3v) is 5.42. The van der Waals surface area contributed by atoms with Gasteiger partial charge in [0.15, 0.2) is 0 Å². The number of carbonyl (C=O) groups is 3. The second-order valence-electron chi connectivity index (χ2n) is 8.08. The van der Waals surface area contributed by atoms with Gasteiger partial charge < -0.3 is 5.32 Å². The molecule has 0 unspecified atom stereocenters. The fraction of sp³-hybridized carbons (Fsp3) is 0.192. The lowest BCUT2D eigenvalue weighted by molar-refractivity contribution is -0.139. The van der Waals surface area contributed by atoms with Crippen LogP contribution in [0, 0.1) is 13.8 Å². The Hall–Kier alpha value is -4.13. The monoisotopic (exact) mass is 440 g/mol. The smallest absolute Gasteiger partial charge is 0.255 e. The molecule has 7 heteroatoms. The third-order valence-electron chi connectivity index (χ3n) is 5.42. The first-order valence-electron chi connectivity index (χ1n) is 10.7. The average Bonchev–Trinajstić information content (AvgIpc) is 3.12. The van der Waals surface area contributed by atoms with Crippen LogP contribution in [-0.2, 0) is 16.1 Å². The highest BCUT2D eigenvalue weighted by Crippen LogP contribution is 2.29. The lowest BCUT2D eigenvalue weighted by Gasteiger charge is -2.14. The SMILES string of the molecule is Cc1ccc(N=Nc2cc(C)ccc2NC(=O)c2ccc(CN3C(=O)CCC3=O)cc2)cc1. The summed E-state index contributed by atoms with van der Waals surface area (Å²) in [5.41, 5.74) is 5.23. The minimum absolute atomic E-state index is 0.159. The normalized spacial score (nSPS) is 13.7. The van der Waals surface area contributed by atoms with Gasteiger partial charge in [0.25, 0.3) is 5.91 Å². The molecular weight excluding hydrogens is 416 g/mol. The molecule has 3 aromatic carbocycles. The van der Waals surface area contributed by atoms with Gasteiger partial charge in [0.05, 0.1) is 17.9 Å². The van der Waals surface area contributed by atoms with Gasteiger partial charge in [0, 0.05) is 18.4 Å². The maximum atomic E-state index is 12.8. The number of carbonyl (C=O) groups excluding carboxylic acids is 3. The molecule has 0 aromatic heterocycles. The molecule has 0 bridgehead atoms. The molecule has 1 heterocycles. The van der Waals surface area contributed by atoms with Crippen LogP contribution in [0.3, 0.4) is 0 Å². The Balaban J connectivity index is 1.47. The predicted octanol–water partition coefficient (Wildman–Crippen LogP) is 5.62. The third kappa shape index (κ3) is 5.38. The van der Waals surface area contributed by atoms with E-state index in [0.29, 0.717) is 16.9 Å². The van der Waals surface area contributed by atoms with Gasteiger partial charge in [0.2, 0.25) is 11.8 Å². The van der Waals surface area contributed by atoms with E-state index in [0.717, 1.165) is 22.4 Å². The van der Waals surface area contributed by atoms with Gasteiger partial charge >= 0.3 is 0 Å². The molecule has 1 N–H and O–H groups in total. The van der Waals surface area contributed by atoms with Gasteiger partial charge in [-0.05, 0) is 61.4 Å². The highest BCUT2D eigenvalue weighted by atomic mass is 16.2. The number of aryl methyl sites for hydroxylation is 2. The average molecular weight is 441 g/mol. The summed E-state index contributed by atoms with van der Waals surface area (Å²) >= 11 is 0. The van der Waals surface area contributed by atoms with E-state index in [1.807, 2.05) is 50.2 Å². The summed E-state index contributed by atoms with van der Waals surface area (Å²) in [5.74, 6) is -0.604. The molecule has 7 nitrogen and oxygen atoms in total. The van der Waals surface area contributed by atoms with E-state index >= 15 is 0 Å². The number of amides is 3. The Kier molecular flexibility index (Phi) is 6.40. The molecule has 33 heavy (non-hydrogen) atoms. The molecule has 0 radical (unpaired) electrons. The molecule has 1 aliphatic rings. The van der Waals surface area contributed by atoms with Crippen LogP contribution < -0.4 is 5.32 Å². The molecule has 4 rings (SSSR count). The molecule has 3 amide bonds. The van der Waals surface area contributed by atoms with Crippen LogP contribution in [0.25, 0.3) is 0 Å². The Morgan fingerprint density at radius 1 is 0.848 bits per heavy atom. The number of hydrogen-bond acceptors (Lipinski definition) is 5. The second kappa shape index (κ2) is 9.56. The second-order valence-corrected chi connectivity index (χ2v) is 8.08. The maximum Gasteiger partial charge on any atom is 0.255 e. The molecule has 166 valence electrons.